The summed E-state index contributed by atoms with van der Waals surface area (Å²) >= 11 is 5.38. The van der Waals surface area contributed by atoms with E-state index in [0.717, 1.165) is 0 Å². The monoisotopic (exact) mass is 289 g/mol. The van der Waals surface area contributed by atoms with Crippen LogP contribution in [0.15, 0.2) is 9.85 Å². The molecule has 15 heavy (non-hydrogen) atoms. The highest BCUT2D eigenvalue weighted by Gasteiger charge is 2.23. The number of aryl methyl sites for hydroxylation is 1. The van der Waals surface area contributed by atoms with Gasteiger partial charge in [-0.05, 0) is 53.4 Å². The molecular formula is C12H20BrNS. The quantitative estimate of drug-likeness (QED) is 0.868. The molecule has 0 bridgehead atoms. The molecule has 3 heteroatoms. The third-order valence-electron chi connectivity index (χ3n) is 3.15. The molecule has 1 aromatic rings. The fourth-order valence-corrected chi connectivity index (χ4v) is 3.61. The van der Waals surface area contributed by atoms with E-state index in [1.54, 1.807) is 0 Å². The van der Waals surface area contributed by atoms with Gasteiger partial charge in [-0.3, -0.25) is 0 Å². The van der Waals surface area contributed by atoms with Crippen LogP contribution in [-0.4, -0.2) is 7.05 Å². The first-order valence-electron chi connectivity index (χ1n) is 5.40. The summed E-state index contributed by atoms with van der Waals surface area (Å²) in [5, 5.41) is 3.44. The van der Waals surface area contributed by atoms with Crippen molar-refractivity contribution in [2.45, 2.75) is 33.7 Å². The highest BCUT2D eigenvalue weighted by atomic mass is 79.9. The number of halogens is 1. The molecule has 0 aromatic carbocycles. The van der Waals surface area contributed by atoms with Crippen molar-refractivity contribution in [3.63, 3.8) is 0 Å². The largest absolute Gasteiger partial charge is 0.313 e. The van der Waals surface area contributed by atoms with Crippen molar-refractivity contribution in [3.05, 3.63) is 20.3 Å². The SMILES string of the molecule is CNC(c1cc(Br)sc1C)C(C)C(C)C. The molecule has 0 fully saturated rings. The molecule has 0 aliphatic rings. The van der Waals surface area contributed by atoms with Crippen molar-refractivity contribution in [3.8, 4) is 0 Å². The molecule has 0 saturated carbocycles. The summed E-state index contributed by atoms with van der Waals surface area (Å²) in [5.41, 5.74) is 1.44. The van der Waals surface area contributed by atoms with Gasteiger partial charge >= 0.3 is 0 Å². The second-order valence-corrected chi connectivity index (χ2v) is 7.07. The second-order valence-electron chi connectivity index (χ2n) is 4.43. The van der Waals surface area contributed by atoms with Gasteiger partial charge in [0.2, 0.25) is 0 Å². The van der Waals surface area contributed by atoms with E-state index in [9.17, 15) is 0 Å². The number of hydrogen-bond donors (Lipinski definition) is 1. The first kappa shape index (κ1) is 13.2. The molecule has 0 radical (unpaired) electrons. The van der Waals surface area contributed by atoms with E-state index >= 15 is 0 Å². The van der Waals surface area contributed by atoms with E-state index in [1.807, 2.05) is 11.3 Å². The molecule has 1 nitrogen and oxygen atoms in total. The molecule has 86 valence electrons. The van der Waals surface area contributed by atoms with Crippen LogP contribution in [0.25, 0.3) is 0 Å². The van der Waals surface area contributed by atoms with Crippen molar-refractivity contribution in [1.29, 1.82) is 0 Å². The van der Waals surface area contributed by atoms with E-state index in [0.29, 0.717) is 17.9 Å². The molecular weight excluding hydrogens is 270 g/mol. The average Bonchev–Trinajstić information content (AvgIpc) is 2.47. The van der Waals surface area contributed by atoms with Gasteiger partial charge in [-0.15, -0.1) is 11.3 Å². The highest BCUT2D eigenvalue weighted by Crippen LogP contribution is 2.35. The van der Waals surface area contributed by atoms with E-state index in [1.165, 1.54) is 14.2 Å². The minimum atomic E-state index is 0.465. The lowest BCUT2D eigenvalue weighted by molar-refractivity contribution is 0.317. The van der Waals surface area contributed by atoms with Gasteiger partial charge in [0.25, 0.3) is 0 Å². The lowest BCUT2D eigenvalue weighted by Crippen LogP contribution is -2.26. The zero-order chi connectivity index (χ0) is 11.6. The maximum Gasteiger partial charge on any atom is 0.0704 e. The zero-order valence-electron chi connectivity index (χ0n) is 10.1. The molecule has 0 saturated heterocycles. The topological polar surface area (TPSA) is 12.0 Å². The van der Waals surface area contributed by atoms with Gasteiger partial charge < -0.3 is 5.32 Å². The van der Waals surface area contributed by atoms with E-state index in [-0.39, 0.29) is 0 Å². The Morgan fingerprint density at radius 1 is 1.33 bits per heavy atom. The Kier molecular flexibility index (Phi) is 4.81. The van der Waals surface area contributed by atoms with Crippen molar-refractivity contribution in [2.24, 2.45) is 11.8 Å². The molecule has 1 rings (SSSR count). The van der Waals surface area contributed by atoms with Crippen LogP contribution in [0, 0.1) is 18.8 Å². The van der Waals surface area contributed by atoms with E-state index < -0.39 is 0 Å². The van der Waals surface area contributed by atoms with Gasteiger partial charge in [0.1, 0.15) is 0 Å². The van der Waals surface area contributed by atoms with Crippen LogP contribution in [0.2, 0.25) is 0 Å². The van der Waals surface area contributed by atoms with Crippen LogP contribution in [0.3, 0.4) is 0 Å². The normalized spacial score (nSPS) is 15.7. The van der Waals surface area contributed by atoms with Crippen molar-refractivity contribution in [1.82, 2.24) is 5.32 Å². The van der Waals surface area contributed by atoms with Gasteiger partial charge in [-0.2, -0.15) is 0 Å². The van der Waals surface area contributed by atoms with Crippen molar-refractivity contribution >= 4 is 27.3 Å². The Balaban J connectivity index is 2.96. The van der Waals surface area contributed by atoms with Crippen LogP contribution in [-0.2, 0) is 0 Å². The first-order valence-corrected chi connectivity index (χ1v) is 7.01. The maximum atomic E-state index is 3.56. The van der Waals surface area contributed by atoms with Crippen molar-refractivity contribution in [2.75, 3.05) is 7.05 Å². The molecule has 1 heterocycles. The van der Waals surface area contributed by atoms with Gasteiger partial charge in [0.05, 0.1) is 3.79 Å². The Labute approximate surface area is 105 Å². The third-order valence-corrected chi connectivity index (χ3v) is 4.72. The summed E-state index contributed by atoms with van der Waals surface area (Å²) in [6.07, 6.45) is 0. The summed E-state index contributed by atoms with van der Waals surface area (Å²) in [7, 11) is 2.05. The average molecular weight is 290 g/mol. The van der Waals surface area contributed by atoms with Crippen molar-refractivity contribution < 1.29 is 0 Å². The van der Waals surface area contributed by atoms with Gasteiger partial charge in [-0.25, -0.2) is 0 Å². The number of rotatable bonds is 4. The molecule has 0 aliphatic heterocycles. The Hall–Kier alpha value is 0.140. The molecule has 1 N–H and O–H groups in total. The Morgan fingerprint density at radius 2 is 1.93 bits per heavy atom. The van der Waals surface area contributed by atoms with Gasteiger partial charge in [0, 0.05) is 10.9 Å². The summed E-state index contributed by atoms with van der Waals surface area (Å²) in [6, 6.07) is 2.72. The van der Waals surface area contributed by atoms with Crippen LogP contribution >= 0.6 is 27.3 Å². The van der Waals surface area contributed by atoms with E-state index in [2.05, 4.69) is 62.1 Å². The number of hydrogen-bond acceptors (Lipinski definition) is 2. The lowest BCUT2D eigenvalue weighted by Gasteiger charge is -2.26. The maximum absolute atomic E-state index is 3.56. The van der Waals surface area contributed by atoms with Gasteiger partial charge in [-0.1, -0.05) is 20.8 Å². The molecule has 2 unspecified atom stereocenters. The predicted molar refractivity (Wildman–Crippen MR) is 72.6 cm³/mol. The van der Waals surface area contributed by atoms with Crippen LogP contribution in [0.4, 0.5) is 0 Å². The third kappa shape index (κ3) is 3.05. The zero-order valence-corrected chi connectivity index (χ0v) is 12.5. The van der Waals surface area contributed by atoms with Crippen LogP contribution < -0.4 is 5.32 Å². The predicted octanol–water partition coefficient (Wildman–Crippen LogP) is 4.37. The second kappa shape index (κ2) is 5.46. The fraction of sp³-hybridized carbons (Fsp3) is 0.667. The molecule has 0 spiro atoms. The standard InChI is InChI=1S/C12H20BrNS/c1-7(2)8(3)12(14-5)10-6-11(13)15-9(10)4/h6-8,12,14H,1-5H3. The van der Waals surface area contributed by atoms with Gasteiger partial charge in [0.15, 0.2) is 0 Å². The van der Waals surface area contributed by atoms with Crippen LogP contribution in [0.1, 0.15) is 37.3 Å². The van der Waals surface area contributed by atoms with E-state index in [4.69, 9.17) is 0 Å². The Bertz CT molecular complexity index is 319. The summed E-state index contributed by atoms with van der Waals surface area (Å²) < 4.78 is 1.23. The minimum absolute atomic E-state index is 0.465. The summed E-state index contributed by atoms with van der Waals surface area (Å²) in [4.78, 5) is 1.41. The number of nitrogens with one attached hydrogen (secondary N) is 1. The number of thiophene rings is 1. The molecule has 0 aliphatic carbocycles. The smallest absolute Gasteiger partial charge is 0.0704 e. The lowest BCUT2D eigenvalue weighted by atomic mass is 9.86. The summed E-state index contributed by atoms with van der Waals surface area (Å²) in [5.74, 6) is 1.34. The summed E-state index contributed by atoms with van der Waals surface area (Å²) in [6.45, 7) is 9.08. The fourth-order valence-electron chi connectivity index (χ4n) is 1.85. The highest BCUT2D eigenvalue weighted by molar-refractivity contribution is 9.11. The molecule has 2 atom stereocenters. The molecule has 0 amide bonds. The first-order chi connectivity index (χ1) is 6.97. The molecule has 1 aromatic heterocycles. The minimum Gasteiger partial charge on any atom is -0.313 e. The van der Waals surface area contributed by atoms with Crippen LogP contribution in [0.5, 0.6) is 0 Å². The Morgan fingerprint density at radius 3 is 2.27 bits per heavy atom.